The number of nitrogens with zero attached hydrogens (tertiary/aromatic N) is 1. The van der Waals surface area contributed by atoms with Crippen molar-refractivity contribution in [3.63, 3.8) is 0 Å². The van der Waals surface area contributed by atoms with Crippen molar-refractivity contribution in [1.29, 1.82) is 0 Å². The summed E-state index contributed by atoms with van der Waals surface area (Å²) in [5.74, 6) is 1.11. The third-order valence-corrected chi connectivity index (χ3v) is 5.59. The third kappa shape index (κ3) is 4.32. The average Bonchev–Trinajstić information content (AvgIpc) is 2.78. The molecule has 3 rings (SSSR count). The summed E-state index contributed by atoms with van der Waals surface area (Å²) >= 11 is 0. The van der Waals surface area contributed by atoms with E-state index in [0.29, 0.717) is 12.4 Å². The van der Waals surface area contributed by atoms with Crippen LogP contribution in [0.25, 0.3) is 12.2 Å². The number of benzene rings is 2. The first kappa shape index (κ1) is 20.2. The zero-order valence-corrected chi connectivity index (χ0v) is 16.9. The standard InChI is InChI=1S/C23H29NO4/c1-22(2)14-18(23(3,4)24(22)27)15-28-21-12-17(11-20(26)13-21)6-5-16-7-9-19(25)10-8-16/h5-13,18,25-27H,14-15H2,1-4H3/b6-5+. The van der Waals surface area contributed by atoms with Gasteiger partial charge in [0.2, 0.25) is 0 Å². The molecule has 0 aliphatic carbocycles. The molecular formula is C23H29NO4. The number of aromatic hydroxyl groups is 2. The van der Waals surface area contributed by atoms with Crippen molar-refractivity contribution < 1.29 is 20.2 Å². The predicted octanol–water partition coefficient (Wildman–Crippen LogP) is 4.92. The van der Waals surface area contributed by atoms with E-state index >= 15 is 0 Å². The van der Waals surface area contributed by atoms with Gasteiger partial charge in [0.05, 0.1) is 6.61 Å². The van der Waals surface area contributed by atoms with Crippen molar-refractivity contribution in [2.75, 3.05) is 6.61 Å². The first-order valence-electron chi connectivity index (χ1n) is 9.51. The Hall–Kier alpha value is -2.50. The predicted molar refractivity (Wildman–Crippen MR) is 111 cm³/mol. The zero-order chi connectivity index (χ0) is 20.5. The zero-order valence-electron chi connectivity index (χ0n) is 16.9. The Labute approximate surface area is 166 Å². The van der Waals surface area contributed by atoms with E-state index in [9.17, 15) is 15.4 Å². The summed E-state index contributed by atoms with van der Waals surface area (Å²) in [7, 11) is 0. The molecule has 1 heterocycles. The second kappa shape index (κ2) is 7.49. The van der Waals surface area contributed by atoms with E-state index < -0.39 is 0 Å². The molecule has 1 atom stereocenters. The van der Waals surface area contributed by atoms with Crippen LogP contribution in [0.5, 0.6) is 17.2 Å². The van der Waals surface area contributed by atoms with Crippen molar-refractivity contribution in [2.45, 2.75) is 45.2 Å². The Morgan fingerprint density at radius 1 is 0.964 bits per heavy atom. The third-order valence-electron chi connectivity index (χ3n) is 5.59. The van der Waals surface area contributed by atoms with Crippen LogP contribution in [0.3, 0.4) is 0 Å². The smallest absolute Gasteiger partial charge is 0.123 e. The van der Waals surface area contributed by atoms with Crippen molar-refractivity contribution in [3.05, 3.63) is 53.6 Å². The van der Waals surface area contributed by atoms with Crippen molar-refractivity contribution in [1.82, 2.24) is 5.06 Å². The highest BCUT2D eigenvalue weighted by molar-refractivity contribution is 5.71. The van der Waals surface area contributed by atoms with Crippen LogP contribution in [0, 0.1) is 5.92 Å². The fourth-order valence-corrected chi connectivity index (χ4v) is 3.92. The van der Waals surface area contributed by atoms with Gasteiger partial charge < -0.3 is 20.2 Å². The quantitative estimate of drug-likeness (QED) is 0.640. The van der Waals surface area contributed by atoms with E-state index in [1.165, 1.54) is 5.06 Å². The lowest BCUT2D eigenvalue weighted by Gasteiger charge is -2.35. The van der Waals surface area contributed by atoms with E-state index in [-0.39, 0.29) is 28.5 Å². The van der Waals surface area contributed by atoms with Gasteiger partial charge in [0.15, 0.2) is 0 Å². The topological polar surface area (TPSA) is 73.2 Å². The van der Waals surface area contributed by atoms with Crippen LogP contribution in [-0.4, -0.2) is 38.2 Å². The summed E-state index contributed by atoms with van der Waals surface area (Å²) in [5, 5.41) is 31.3. The lowest BCUT2D eigenvalue weighted by atomic mass is 9.88. The molecule has 1 saturated heterocycles. The molecular weight excluding hydrogens is 354 g/mol. The highest BCUT2D eigenvalue weighted by Gasteiger charge is 2.51. The van der Waals surface area contributed by atoms with Crippen molar-refractivity contribution in [2.24, 2.45) is 5.92 Å². The maximum absolute atomic E-state index is 10.4. The molecule has 1 aliphatic heterocycles. The second-order valence-corrected chi connectivity index (χ2v) is 8.68. The minimum absolute atomic E-state index is 0.137. The summed E-state index contributed by atoms with van der Waals surface area (Å²) in [6, 6.07) is 12.0. The largest absolute Gasteiger partial charge is 0.508 e. The number of hydroxylamine groups is 2. The molecule has 28 heavy (non-hydrogen) atoms. The first-order valence-corrected chi connectivity index (χ1v) is 9.51. The number of phenols is 2. The van der Waals surface area contributed by atoms with Crippen LogP contribution in [0.2, 0.25) is 0 Å². The Bertz CT molecular complexity index is 855. The summed E-state index contributed by atoms with van der Waals surface area (Å²) in [4.78, 5) is 0. The normalized spacial score (nSPS) is 21.2. The molecule has 5 nitrogen and oxygen atoms in total. The molecule has 1 fully saturated rings. The van der Waals surface area contributed by atoms with Gasteiger partial charge in [0, 0.05) is 23.1 Å². The molecule has 0 radical (unpaired) electrons. The van der Waals surface area contributed by atoms with E-state index in [2.05, 4.69) is 0 Å². The van der Waals surface area contributed by atoms with Gasteiger partial charge >= 0.3 is 0 Å². The number of phenolic OH excluding ortho intramolecular Hbond substituents is 2. The van der Waals surface area contributed by atoms with Crippen LogP contribution >= 0.6 is 0 Å². The molecule has 0 saturated carbocycles. The van der Waals surface area contributed by atoms with Gasteiger partial charge in [-0.2, -0.15) is 5.06 Å². The molecule has 0 bridgehead atoms. The fourth-order valence-electron chi connectivity index (χ4n) is 3.92. The maximum Gasteiger partial charge on any atom is 0.123 e. The van der Waals surface area contributed by atoms with Gasteiger partial charge in [0.25, 0.3) is 0 Å². The van der Waals surface area contributed by atoms with E-state index in [0.717, 1.165) is 17.5 Å². The monoisotopic (exact) mass is 383 g/mol. The van der Waals surface area contributed by atoms with E-state index in [4.69, 9.17) is 4.74 Å². The molecule has 0 spiro atoms. The Balaban J connectivity index is 1.71. The van der Waals surface area contributed by atoms with Gasteiger partial charge in [-0.1, -0.05) is 24.3 Å². The molecule has 5 heteroatoms. The molecule has 2 aromatic carbocycles. The fraction of sp³-hybridized carbons (Fsp3) is 0.391. The van der Waals surface area contributed by atoms with Gasteiger partial charge in [-0.25, -0.2) is 0 Å². The van der Waals surface area contributed by atoms with E-state index in [1.54, 1.807) is 24.3 Å². The highest BCUT2D eigenvalue weighted by atomic mass is 16.5. The molecule has 2 aromatic rings. The number of rotatable bonds is 5. The lowest BCUT2D eigenvalue weighted by molar-refractivity contribution is -0.197. The van der Waals surface area contributed by atoms with Crippen molar-refractivity contribution in [3.8, 4) is 17.2 Å². The van der Waals surface area contributed by atoms with Crippen molar-refractivity contribution >= 4 is 12.2 Å². The Morgan fingerprint density at radius 2 is 1.61 bits per heavy atom. The number of hydrogen-bond donors (Lipinski definition) is 3. The Morgan fingerprint density at radius 3 is 2.21 bits per heavy atom. The molecule has 0 aromatic heterocycles. The van der Waals surface area contributed by atoms with Gasteiger partial charge in [-0.15, -0.1) is 0 Å². The lowest BCUT2D eigenvalue weighted by Crippen LogP contribution is -2.48. The van der Waals surface area contributed by atoms with Gasteiger partial charge in [-0.3, -0.25) is 0 Å². The van der Waals surface area contributed by atoms with Gasteiger partial charge in [0.1, 0.15) is 17.2 Å². The minimum atomic E-state index is -0.387. The summed E-state index contributed by atoms with van der Waals surface area (Å²) in [6.45, 7) is 8.54. The first-order chi connectivity index (χ1) is 13.1. The Kier molecular flexibility index (Phi) is 5.41. The second-order valence-electron chi connectivity index (χ2n) is 8.68. The maximum atomic E-state index is 10.4. The summed E-state index contributed by atoms with van der Waals surface area (Å²) < 4.78 is 5.99. The van der Waals surface area contributed by atoms with Crippen LogP contribution in [0.1, 0.15) is 45.2 Å². The molecule has 0 amide bonds. The van der Waals surface area contributed by atoms with Crippen LogP contribution in [0.15, 0.2) is 42.5 Å². The average molecular weight is 383 g/mol. The van der Waals surface area contributed by atoms with Crippen LogP contribution in [0.4, 0.5) is 0 Å². The summed E-state index contributed by atoms with van der Waals surface area (Å²) in [5.41, 5.74) is 1.08. The summed E-state index contributed by atoms with van der Waals surface area (Å²) in [6.07, 6.45) is 4.62. The van der Waals surface area contributed by atoms with Crippen LogP contribution in [-0.2, 0) is 0 Å². The highest BCUT2D eigenvalue weighted by Crippen LogP contribution is 2.43. The molecule has 3 N–H and O–H groups in total. The van der Waals surface area contributed by atoms with Gasteiger partial charge in [-0.05, 0) is 69.5 Å². The number of ether oxygens (including phenoxy) is 1. The number of hydrogen-bond acceptors (Lipinski definition) is 5. The van der Waals surface area contributed by atoms with Crippen LogP contribution < -0.4 is 4.74 Å². The molecule has 150 valence electrons. The molecule has 1 unspecified atom stereocenters. The molecule has 1 aliphatic rings. The minimum Gasteiger partial charge on any atom is -0.508 e. The SMILES string of the molecule is CC1(C)CC(COc2cc(O)cc(/C=C/c3ccc(O)cc3)c2)C(C)(C)N1O. The van der Waals surface area contributed by atoms with E-state index in [1.807, 2.05) is 58.0 Å².